The summed E-state index contributed by atoms with van der Waals surface area (Å²) in [5.41, 5.74) is 0.272. The highest BCUT2D eigenvalue weighted by atomic mass is 28.4. The number of methoxy groups -OCH3 is 1. The Morgan fingerprint density at radius 3 is 2.04 bits per heavy atom. The maximum atomic E-state index is 14.0. The molecule has 0 amide bonds. The highest BCUT2D eigenvalue weighted by Crippen LogP contribution is 2.47. The lowest BCUT2D eigenvalue weighted by atomic mass is 9.87. The third kappa shape index (κ3) is 10.5. The van der Waals surface area contributed by atoms with Crippen LogP contribution in [0.25, 0.3) is 0 Å². The lowest BCUT2D eigenvalue weighted by Crippen LogP contribution is -2.51. The molecule has 282 valence electrons. The summed E-state index contributed by atoms with van der Waals surface area (Å²) in [5, 5.41) is 0.249. The molecule has 0 radical (unpaired) electrons. The molecular weight excluding hydrogens is 649 g/mol. The van der Waals surface area contributed by atoms with Crippen molar-refractivity contribution >= 4 is 22.4 Å². The van der Waals surface area contributed by atoms with E-state index in [1.165, 1.54) is 0 Å². The van der Waals surface area contributed by atoms with Gasteiger partial charge in [0.2, 0.25) is 0 Å². The highest BCUT2D eigenvalue weighted by molar-refractivity contribution is 6.74. The Hall–Kier alpha value is -1.08. The molecule has 2 saturated heterocycles. The molecular formula is C40H72O7Si2. The molecule has 0 aliphatic carbocycles. The number of carbonyl (C=O) groups excluding carboxylic acids is 1. The molecule has 8 atom stereocenters. The van der Waals surface area contributed by atoms with Crippen molar-refractivity contribution in [3.63, 3.8) is 0 Å². The number of hydrogen-bond donors (Lipinski definition) is 0. The Morgan fingerprint density at radius 1 is 0.898 bits per heavy atom. The van der Waals surface area contributed by atoms with Gasteiger partial charge in [0.25, 0.3) is 0 Å². The lowest BCUT2D eigenvalue weighted by Gasteiger charge is -2.43. The molecule has 0 saturated carbocycles. The number of ketones is 1. The molecule has 1 aromatic rings. The van der Waals surface area contributed by atoms with Gasteiger partial charge in [0.15, 0.2) is 16.6 Å². The van der Waals surface area contributed by atoms with Crippen LogP contribution in [0.3, 0.4) is 0 Å². The largest absolute Gasteiger partial charge is 0.497 e. The van der Waals surface area contributed by atoms with E-state index in [1.54, 1.807) is 7.11 Å². The minimum atomic E-state index is -1.96. The number of benzene rings is 1. The van der Waals surface area contributed by atoms with Crippen LogP contribution < -0.4 is 4.74 Å². The van der Waals surface area contributed by atoms with E-state index in [4.69, 9.17) is 27.8 Å². The van der Waals surface area contributed by atoms with Gasteiger partial charge >= 0.3 is 0 Å². The summed E-state index contributed by atoms with van der Waals surface area (Å²) < 4.78 is 38.9. The van der Waals surface area contributed by atoms with Gasteiger partial charge in [-0.05, 0) is 100 Å². The Morgan fingerprint density at radius 2 is 1.49 bits per heavy atom. The standard InChI is InChI=1S/C40H72O7Si2/c1-28(26-44-48(13,14)37(4,5)6)36(43-27-31-17-19-32(42-12)20-18-31)29(2)34(41)25-33-21-23-40(11,45-33)35-22-24-39(10,46-35)30(3)47-49(15,16)38(7,8)9/h17-20,28-30,33,35-36H,21-27H2,1-16H3/t28-,29+,30-,33+,35-,36-,39+,40+/m1/s1. The maximum Gasteiger partial charge on any atom is 0.192 e. The average molecular weight is 721 g/mol. The first-order valence-electron chi connectivity index (χ1n) is 18.8. The summed E-state index contributed by atoms with van der Waals surface area (Å²) >= 11 is 0. The summed E-state index contributed by atoms with van der Waals surface area (Å²) in [6.07, 6.45) is 3.55. The van der Waals surface area contributed by atoms with Crippen LogP contribution in [0.2, 0.25) is 36.3 Å². The third-order valence-electron chi connectivity index (χ3n) is 12.6. The SMILES string of the molecule is COc1ccc(CO[C@H]([C@H](C)CO[Si](C)(C)C(C)(C)C)[C@@H](C)C(=O)C[C@@H]2CC[C@@](C)([C@H]3CC[C@@](C)([C@@H](C)O[Si](C)(C)C(C)(C)C)O3)O2)cc1. The number of rotatable bonds is 16. The highest BCUT2D eigenvalue weighted by Gasteiger charge is 2.53. The van der Waals surface area contributed by atoms with Crippen LogP contribution >= 0.6 is 0 Å². The van der Waals surface area contributed by atoms with E-state index >= 15 is 0 Å². The van der Waals surface area contributed by atoms with E-state index in [0.29, 0.717) is 19.6 Å². The minimum Gasteiger partial charge on any atom is -0.497 e. The van der Waals surface area contributed by atoms with E-state index in [1.807, 2.05) is 31.2 Å². The molecule has 1 aromatic carbocycles. The van der Waals surface area contributed by atoms with Gasteiger partial charge in [0.05, 0.1) is 49.3 Å². The van der Waals surface area contributed by atoms with Crippen molar-refractivity contribution < 1.29 is 32.6 Å². The zero-order valence-corrected chi connectivity index (χ0v) is 36.1. The summed E-state index contributed by atoms with van der Waals surface area (Å²) in [6.45, 7) is 34.5. The molecule has 0 bridgehead atoms. The number of Topliss-reactive ketones (excluding diaryl/α,β-unsaturated/α-hetero) is 1. The molecule has 0 N–H and O–H groups in total. The fourth-order valence-corrected chi connectivity index (χ4v) is 9.22. The second-order valence-electron chi connectivity index (χ2n) is 18.7. The van der Waals surface area contributed by atoms with Gasteiger partial charge in [-0.2, -0.15) is 0 Å². The summed E-state index contributed by atoms with van der Waals surface area (Å²) in [7, 11) is -2.23. The van der Waals surface area contributed by atoms with Gasteiger partial charge in [-0.25, -0.2) is 0 Å². The van der Waals surface area contributed by atoms with Gasteiger partial charge in [-0.3, -0.25) is 4.79 Å². The van der Waals surface area contributed by atoms with E-state index in [9.17, 15) is 4.79 Å². The van der Waals surface area contributed by atoms with Crippen LogP contribution in [0.5, 0.6) is 5.75 Å². The van der Waals surface area contributed by atoms with Crippen LogP contribution in [-0.2, 0) is 34.5 Å². The fraction of sp³-hybridized carbons (Fsp3) is 0.825. The Bertz CT molecular complexity index is 1220. The third-order valence-corrected chi connectivity index (χ3v) is 21.7. The van der Waals surface area contributed by atoms with Crippen molar-refractivity contribution in [3.8, 4) is 5.75 Å². The Balaban J connectivity index is 1.66. The first-order valence-corrected chi connectivity index (χ1v) is 24.6. The molecule has 0 unspecified atom stereocenters. The van der Waals surface area contributed by atoms with Crippen molar-refractivity contribution in [1.29, 1.82) is 0 Å². The zero-order chi connectivity index (χ0) is 37.2. The maximum absolute atomic E-state index is 14.0. The van der Waals surface area contributed by atoms with E-state index in [2.05, 4.69) is 95.4 Å². The van der Waals surface area contributed by atoms with E-state index in [-0.39, 0.29) is 57.7 Å². The number of hydrogen-bond acceptors (Lipinski definition) is 7. The monoisotopic (exact) mass is 720 g/mol. The van der Waals surface area contributed by atoms with Crippen LogP contribution in [0.1, 0.15) is 114 Å². The Kier molecular flexibility index (Phi) is 13.7. The molecule has 2 fully saturated rings. The van der Waals surface area contributed by atoms with Gasteiger partial charge in [-0.15, -0.1) is 0 Å². The number of carbonyl (C=O) groups is 1. The predicted molar refractivity (Wildman–Crippen MR) is 205 cm³/mol. The van der Waals surface area contributed by atoms with Crippen molar-refractivity contribution in [3.05, 3.63) is 29.8 Å². The minimum absolute atomic E-state index is 0.000855. The molecule has 49 heavy (non-hydrogen) atoms. The van der Waals surface area contributed by atoms with Crippen LogP contribution in [0.4, 0.5) is 0 Å². The van der Waals surface area contributed by atoms with Crippen molar-refractivity contribution in [2.45, 2.75) is 187 Å². The van der Waals surface area contributed by atoms with Gasteiger partial charge in [-0.1, -0.05) is 67.5 Å². The first kappa shape index (κ1) is 42.3. The smallest absolute Gasteiger partial charge is 0.192 e. The van der Waals surface area contributed by atoms with Gasteiger partial charge in [0, 0.05) is 24.9 Å². The molecule has 2 heterocycles. The zero-order valence-electron chi connectivity index (χ0n) is 34.1. The predicted octanol–water partition coefficient (Wildman–Crippen LogP) is 10.1. The average Bonchev–Trinajstić information content (AvgIpc) is 3.59. The van der Waals surface area contributed by atoms with Crippen molar-refractivity contribution in [1.82, 2.24) is 0 Å². The summed E-state index contributed by atoms with van der Waals surface area (Å²) in [4.78, 5) is 14.0. The fourth-order valence-electron chi connectivity index (χ4n) is 6.62. The second kappa shape index (κ2) is 15.9. The lowest BCUT2D eigenvalue weighted by molar-refractivity contribution is -0.168. The molecule has 0 spiro atoms. The first-order chi connectivity index (χ1) is 22.3. The quantitative estimate of drug-likeness (QED) is 0.157. The normalized spacial score (nSPS) is 27.9. The van der Waals surface area contributed by atoms with Gasteiger partial charge in [0.1, 0.15) is 11.5 Å². The van der Waals surface area contributed by atoms with Crippen LogP contribution in [0.15, 0.2) is 24.3 Å². The van der Waals surface area contributed by atoms with Crippen molar-refractivity contribution in [2.24, 2.45) is 11.8 Å². The molecule has 2 aliphatic heterocycles. The summed E-state index contributed by atoms with van der Waals surface area (Å²) in [6, 6.07) is 7.92. The van der Waals surface area contributed by atoms with E-state index < -0.39 is 22.2 Å². The summed E-state index contributed by atoms with van der Waals surface area (Å²) in [5.74, 6) is 0.735. The molecule has 9 heteroatoms. The van der Waals surface area contributed by atoms with Gasteiger partial charge < -0.3 is 27.8 Å². The molecule has 3 rings (SSSR count). The molecule has 0 aromatic heterocycles. The second-order valence-corrected chi connectivity index (χ2v) is 28.3. The Labute approximate surface area is 302 Å². The number of ether oxygens (including phenoxy) is 4. The van der Waals surface area contributed by atoms with Crippen LogP contribution in [-0.4, -0.2) is 71.8 Å². The molecule has 7 nitrogen and oxygen atoms in total. The molecule has 2 aliphatic rings. The topological polar surface area (TPSA) is 72.5 Å². The van der Waals surface area contributed by atoms with Crippen molar-refractivity contribution in [2.75, 3.05) is 13.7 Å². The van der Waals surface area contributed by atoms with E-state index in [0.717, 1.165) is 37.0 Å². The van der Waals surface area contributed by atoms with Crippen LogP contribution in [0, 0.1) is 11.8 Å².